The van der Waals surface area contributed by atoms with Crippen LogP contribution >= 0.6 is 0 Å². The van der Waals surface area contributed by atoms with Crippen LogP contribution in [0.5, 0.6) is 0 Å². The summed E-state index contributed by atoms with van der Waals surface area (Å²) in [5, 5.41) is -1.39. The van der Waals surface area contributed by atoms with Crippen molar-refractivity contribution in [1.82, 2.24) is 9.13 Å². The van der Waals surface area contributed by atoms with Gasteiger partial charge in [0.05, 0.1) is 63.6 Å². The SMILES string of the molecule is [2H]c1c([2H])c(-n2c3c([2H])c([2H])c([2H])c([2H])c3c3c([2H])c([2H])c([2H])c([2H])c32)c([2H])c2c1B1c3c(cc(C(C)(C)C)cc3N(c3c(-c4ccccc4)cc(C(C)(C)C)cc3-c3cccc(C(C)(C)C)c3)c3c([2H])c(-n4c5c([2H])c([2H])c([2H])c([2H])c5c5c([2H])c([2H])c([2H])c([2H])c54)c([2H])c([2H])c31)N2c1c(-c2ccccc2)cc(C(C)(C)C)cc1-c1cccc(C(C)(C)C)c1. The maximum Gasteiger partial charge on any atom is 0.252 e. The lowest BCUT2D eigenvalue weighted by atomic mass is 9.33. The van der Waals surface area contributed by atoms with Crippen molar-refractivity contribution in [2.75, 3.05) is 9.80 Å². The Kier molecular flexibility index (Phi) is 10.5. The molecule has 15 aromatic rings. The third-order valence-corrected chi connectivity index (χ3v) is 20.6. The molecule has 0 amide bonds. The Morgan fingerprint density at radius 3 is 0.913 bits per heavy atom. The molecule has 2 aliphatic rings. The molecule has 0 bridgehead atoms. The smallest absolute Gasteiger partial charge is 0.252 e. The first-order valence-electron chi connectivity index (χ1n) is 46.2. The summed E-state index contributed by atoms with van der Waals surface area (Å²) in [6, 6.07) is 32.6. The molecule has 13 aromatic carbocycles. The number of rotatable bonds is 8. The lowest BCUT2D eigenvalue weighted by Gasteiger charge is -2.47. The standard InChI is InChI=1S/C98H91BN4/c1-94(2,3)66-38-30-36-64(52-66)79-56-68(96(7,8)9)54-77(62-32-18-16-19-33-62)92(79)102-87-60-71(100-83-44-26-22-40-73(83)74-41-23-27-45-84(74)100)48-50-81(87)99-82-51-49-72(101-85-46-28-24-42-75(85)76-43-25-29-47-86(76)101)61-88(82)103(90-59-70(98(13,14)15)58-89(102)91(90)99)93-78(63-34-20-17-21-35-63)55-69(97(10,11)12)57-80(93)65-37-31-39-67(53-65)95(4,5)6/h16-61H,1-15H3/i22D,23D,24D,25D,26D,27D,28D,29D,40D,41D,42D,43D,44D,45D,46D,47D,48D,49D,50D,51D,60D,61D. The van der Waals surface area contributed by atoms with Crippen LogP contribution in [-0.2, 0) is 27.1 Å². The van der Waals surface area contributed by atoms with Crippen LogP contribution < -0.4 is 26.2 Å². The number of para-hydroxylation sites is 4. The molecule has 4 nitrogen and oxygen atoms in total. The molecule has 0 saturated carbocycles. The van der Waals surface area contributed by atoms with Crippen molar-refractivity contribution in [3.05, 3.63) is 306 Å². The first-order chi connectivity index (χ1) is 58.4. The lowest BCUT2D eigenvalue weighted by Crippen LogP contribution is -2.61. The average Bonchev–Trinajstić information content (AvgIpc) is 1.35. The molecule has 2 aromatic heterocycles. The Bertz CT molecular complexity index is 6710. The van der Waals surface area contributed by atoms with Crippen molar-refractivity contribution in [3.63, 3.8) is 0 Å². The summed E-state index contributed by atoms with van der Waals surface area (Å²) < 4.78 is 224. The number of nitrogens with zero attached hydrogens (tertiary/aromatic N) is 4. The van der Waals surface area contributed by atoms with Crippen molar-refractivity contribution in [1.29, 1.82) is 0 Å². The van der Waals surface area contributed by atoms with Crippen LogP contribution in [0.15, 0.2) is 279 Å². The van der Waals surface area contributed by atoms with Gasteiger partial charge < -0.3 is 18.9 Å². The first-order valence-corrected chi connectivity index (χ1v) is 35.2. The van der Waals surface area contributed by atoms with E-state index in [2.05, 4.69) is 132 Å². The zero-order chi connectivity index (χ0) is 90.5. The van der Waals surface area contributed by atoms with Crippen LogP contribution in [0.25, 0.3) is 99.5 Å². The molecule has 2 aliphatic heterocycles. The molecule has 5 heteroatoms. The highest BCUT2D eigenvalue weighted by atomic mass is 15.2. The predicted molar refractivity (Wildman–Crippen MR) is 444 cm³/mol. The van der Waals surface area contributed by atoms with Crippen LogP contribution in [-0.4, -0.2) is 15.8 Å². The minimum absolute atomic E-state index is 0.149. The first kappa shape index (κ1) is 45.2. The fourth-order valence-electron chi connectivity index (χ4n) is 15.0. The van der Waals surface area contributed by atoms with Gasteiger partial charge in [-0.15, -0.1) is 0 Å². The highest BCUT2D eigenvalue weighted by Gasteiger charge is 2.47. The van der Waals surface area contributed by atoms with Gasteiger partial charge in [-0.05, 0) is 178 Å². The summed E-state index contributed by atoms with van der Waals surface area (Å²) in [6.07, 6.45) is 0. The third kappa shape index (κ3) is 10.9. The maximum atomic E-state index is 11.9. The van der Waals surface area contributed by atoms with Gasteiger partial charge in [-0.3, -0.25) is 0 Å². The zero-order valence-electron chi connectivity index (χ0n) is 82.7. The van der Waals surface area contributed by atoms with Crippen LogP contribution in [0.4, 0.5) is 34.1 Å². The molecule has 0 saturated heterocycles. The van der Waals surface area contributed by atoms with E-state index in [-0.39, 0.29) is 43.8 Å². The second-order valence-electron chi connectivity index (χ2n) is 32.6. The highest BCUT2D eigenvalue weighted by Crippen LogP contribution is 2.56. The van der Waals surface area contributed by atoms with E-state index in [0.717, 1.165) is 31.4 Å². The Labute approximate surface area is 640 Å². The number of benzene rings is 13. The zero-order valence-corrected chi connectivity index (χ0v) is 60.7. The molecular formula is C98H91BN4. The molecule has 506 valence electrons. The van der Waals surface area contributed by atoms with Crippen LogP contribution in [0.1, 0.15) is 162 Å². The monoisotopic (exact) mass is 1360 g/mol. The van der Waals surface area contributed by atoms with Crippen LogP contribution in [0.2, 0.25) is 0 Å². The van der Waals surface area contributed by atoms with Crippen molar-refractivity contribution in [2.45, 2.75) is 131 Å². The largest absolute Gasteiger partial charge is 0.310 e. The fourth-order valence-corrected chi connectivity index (χ4v) is 15.0. The number of fused-ring (bicyclic) bond motifs is 10. The van der Waals surface area contributed by atoms with Gasteiger partial charge in [-0.2, -0.15) is 0 Å². The second kappa shape index (κ2) is 23.9. The fraction of sp³-hybridized carbons (Fsp3) is 0.204. The van der Waals surface area contributed by atoms with Crippen LogP contribution in [0, 0.1) is 0 Å². The van der Waals surface area contributed by atoms with E-state index in [1.165, 1.54) is 0 Å². The van der Waals surface area contributed by atoms with E-state index >= 15 is 0 Å². The molecule has 0 fully saturated rings. The van der Waals surface area contributed by atoms with Gasteiger partial charge >= 0.3 is 0 Å². The minimum Gasteiger partial charge on any atom is -0.310 e. The summed E-state index contributed by atoms with van der Waals surface area (Å²) >= 11 is 0. The normalized spacial score (nSPS) is 16.3. The van der Waals surface area contributed by atoms with E-state index in [9.17, 15) is 24.7 Å². The molecule has 103 heavy (non-hydrogen) atoms. The van der Waals surface area contributed by atoms with Crippen molar-refractivity contribution < 1.29 is 30.2 Å². The van der Waals surface area contributed by atoms with Gasteiger partial charge in [-0.1, -0.05) is 298 Å². The summed E-state index contributed by atoms with van der Waals surface area (Å²) in [6.45, 7) is 29.9. The summed E-state index contributed by atoms with van der Waals surface area (Å²) in [5.41, 5.74) is 4.96. The quantitative estimate of drug-likeness (QED) is 0.141. The summed E-state index contributed by atoms with van der Waals surface area (Å²) in [5.74, 6) is 0. The van der Waals surface area contributed by atoms with E-state index in [1.54, 1.807) is 0 Å². The van der Waals surface area contributed by atoms with Gasteiger partial charge in [0.25, 0.3) is 6.71 Å². The van der Waals surface area contributed by atoms with E-state index in [1.807, 2.05) is 128 Å². The van der Waals surface area contributed by atoms with Crippen molar-refractivity contribution in [3.8, 4) is 55.9 Å². The second-order valence-corrected chi connectivity index (χ2v) is 32.6. The Hall–Kier alpha value is -10.9. The third-order valence-electron chi connectivity index (χ3n) is 20.6. The van der Waals surface area contributed by atoms with Gasteiger partial charge in [-0.25, -0.2) is 0 Å². The number of hydrogen-bond donors (Lipinski definition) is 0. The van der Waals surface area contributed by atoms with Gasteiger partial charge in [0, 0.05) is 77.9 Å². The van der Waals surface area contributed by atoms with Gasteiger partial charge in [0.1, 0.15) is 0 Å². The molecule has 17 rings (SSSR count). The minimum atomic E-state index is -1.65. The molecular weight excluding hydrogens is 1240 g/mol. The maximum absolute atomic E-state index is 11.9. The van der Waals surface area contributed by atoms with Crippen LogP contribution in [0.3, 0.4) is 0 Å². The Morgan fingerprint density at radius 2 is 0.583 bits per heavy atom. The molecule has 0 atom stereocenters. The Balaban J connectivity index is 1.19. The molecule has 0 spiro atoms. The molecule has 0 aliphatic carbocycles. The van der Waals surface area contributed by atoms with E-state index in [0.29, 0.717) is 78.3 Å². The van der Waals surface area contributed by atoms with Gasteiger partial charge in [0.15, 0.2) is 0 Å². The average molecular weight is 1360 g/mol. The summed E-state index contributed by atoms with van der Waals surface area (Å²) in [7, 11) is 0. The Morgan fingerprint density at radius 1 is 0.282 bits per heavy atom. The van der Waals surface area contributed by atoms with Gasteiger partial charge in [0.2, 0.25) is 0 Å². The molecule has 0 N–H and O–H groups in total. The van der Waals surface area contributed by atoms with E-state index in [4.69, 9.17) is 5.48 Å². The summed E-state index contributed by atoms with van der Waals surface area (Å²) in [4.78, 5) is 3.85. The van der Waals surface area contributed by atoms with Crippen molar-refractivity contribution in [2.24, 2.45) is 0 Å². The lowest BCUT2D eigenvalue weighted by molar-refractivity contribution is 0.589. The highest BCUT2D eigenvalue weighted by molar-refractivity contribution is 7.00. The van der Waals surface area contributed by atoms with Crippen molar-refractivity contribution >= 4 is 101 Å². The number of anilines is 6. The predicted octanol–water partition coefficient (Wildman–Crippen LogP) is 25.1. The molecule has 0 unspecified atom stereocenters. The number of aromatic nitrogens is 2. The molecule has 0 radical (unpaired) electrons. The molecule has 4 heterocycles. The number of hydrogen-bond acceptors (Lipinski definition) is 2. The topological polar surface area (TPSA) is 16.3 Å². The van der Waals surface area contributed by atoms with E-state index < -0.39 is 200 Å².